The highest BCUT2D eigenvalue weighted by atomic mass is 127. The predicted octanol–water partition coefficient (Wildman–Crippen LogP) is 3.79. The first-order chi connectivity index (χ1) is 11.7. The van der Waals surface area contributed by atoms with Gasteiger partial charge in [0.05, 0.1) is 10.0 Å². The second-order valence-corrected chi connectivity index (χ2v) is 5.85. The molecule has 0 saturated heterocycles. The van der Waals surface area contributed by atoms with Gasteiger partial charge in [-0.05, 0) is 32.8 Å². The van der Waals surface area contributed by atoms with Crippen LogP contribution >= 0.6 is 47.2 Å². The van der Waals surface area contributed by atoms with Crippen LogP contribution < -0.4 is 16.0 Å². The number of aromatic nitrogens is 1. The zero-order chi connectivity index (χ0) is 17.6. The minimum atomic E-state index is 0. The molecule has 25 heavy (non-hydrogen) atoms. The van der Waals surface area contributed by atoms with Gasteiger partial charge in [-0.3, -0.25) is 4.99 Å². The van der Waals surface area contributed by atoms with Crippen molar-refractivity contribution < 1.29 is 4.74 Å². The zero-order valence-electron chi connectivity index (χ0n) is 14.8. The van der Waals surface area contributed by atoms with Crippen molar-refractivity contribution in [3.8, 4) is 0 Å². The molecule has 0 spiro atoms. The number of halogens is 3. The van der Waals surface area contributed by atoms with E-state index in [2.05, 4.69) is 25.9 Å². The molecule has 0 atom stereocenters. The molecule has 0 radical (unpaired) electrons. The summed E-state index contributed by atoms with van der Waals surface area (Å²) in [5.41, 5.74) is 0. The van der Waals surface area contributed by atoms with Crippen LogP contribution in [0, 0.1) is 0 Å². The lowest BCUT2D eigenvalue weighted by Gasteiger charge is -2.12. The molecule has 0 aliphatic rings. The van der Waals surface area contributed by atoms with Crippen LogP contribution in [0.1, 0.15) is 26.7 Å². The number of anilines is 1. The Morgan fingerprint density at radius 1 is 1.20 bits per heavy atom. The number of nitrogens with one attached hydrogen (secondary N) is 3. The van der Waals surface area contributed by atoms with Crippen molar-refractivity contribution in [3.05, 3.63) is 22.3 Å². The van der Waals surface area contributed by atoms with Crippen molar-refractivity contribution in [3.63, 3.8) is 0 Å². The second-order valence-electron chi connectivity index (χ2n) is 5.00. The summed E-state index contributed by atoms with van der Waals surface area (Å²) < 4.78 is 5.31. The number of hydrogen-bond acceptors (Lipinski definition) is 4. The van der Waals surface area contributed by atoms with Crippen molar-refractivity contribution in [2.24, 2.45) is 4.99 Å². The molecule has 1 heterocycles. The van der Waals surface area contributed by atoms with E-state index in [1.54, 1.807) is 12.3 Å². The average Bonchev–Trinajstić information content (AvgIpc) is 2.56. The summed E-state index contributed by atoms with van der Waals surface area (Å²) in [6.45, 7) is 8.59. The molecular weight excluding hydrogens is 476 g/mol. The molecule has 0 saturated carbocycles. The Morgan fingerprint density at radius 3 is 2.68 bits per heavy atom. The van der Waals surface area contributed by atoms with Crippen LogP contribution in [-0.2, 0) is 4.74 Å². The van der Waals surface area contributed by atoms with Gasteiger partial charge in [0.15, 0.2) is 5.96 Å². The van der Waals surface area contributed by atoms with Gasteiger partial charge in [-0.2, -0.15) is 0 Å². The molecule has 3 N–H and O–H groups in total. The molecular formula is C16H28Cl2IN5O. The van der Waals surface area contributed by atoms with Gasteiger partial charge in [-0.15, -0.1) is 24.0 Å². The summed E-state index contributed by atoms with van der Waals surface area (Å²) in [4.78, 5) is 8.69. The lowest BCUT2D eigenvalue weighted by atomic mass is 10.3. The van der Waals surface area contributed by atoms with Crippen molar-refractivity contribution in [1.82, 2.24) is 15.6 Å². The standard InChI is InChI=1S/C16H27Cl2N5O.HI/c1-3-19-16(21-7-5-6-10-24-4-2)22-9-8-20-15-14(18)11-13(17)12-23-15;/h11-12H,3-10H2,1-2H3,(H,20,23)(H2,19,21,22);1H. The van der Waals surface area contributed by atoms with Crippen LogP contribution in [0.3, 0.4) is 0 Å². The van der Waals surface area contributed by atoms with Crippen LogP contribution in [0.2, 0.25) is 10.0 Å². The Morgan fingerprint density at radius 2 is 2.00 bits per heavy atom. The maximum absolute atomic E-state index is 6.07. The molecule has 1 aromatic heterocycles. The maximum atomic E-state index is 6.07. The van der Waals surface area contributed by atoms with E-state index in [0.717, 1.165) is 45.1 Å². The fraction of sp³-hybridized carbons (Fsp3) is 0.625. The molecule has 0 aromatic carbocycles. The Bertz CT molecular complexity index is 505. The normalized spacial score (nSPS) is 11.0. The number of aliphatic imine (C=N–C) groups is 1. The van der Waals surface area contributed by atoms with Gasteiger partial charge in [-0.1, -0.05) is 23.2 Å². The number of hydrogen-bond donors (Lipinski definition) is 3. The van der Waals surface area contributed by atoms with Crippen LogP contribution in [0.5, 0.6) is 0 Å². The van der Waals surface area contributed by atoms with Crippen LogP contribution in [-0.4, -0.2) is 50.3 Å². The van der Waals surface area contributed by atoms with Crippen molar-refractivity contribution >= 4 is 59.0 Å². The SMILES string of the molecule is CCNC(=NCCCCOCC)NCCNc1ncc(Cl)cc1Cl.I. The van der Waals surface area contributed by atoms with Gasteiger partial charge in [-0.25, -0.2) is 4.98 Å². The summed E-state index contributed by atoms with van der Waals surface area (Å²) in [6.07, 6.45) is 3.61. The van der Waals surface area contributed by atoms with Crippen LogP contribution in [0.4, 0.5) is 5.82 Å². The Labute approximate surface area is 177 Å². The summed E-state index contributed by atoms with van der Waals surface area (Å²) in [5, 5.41) is 10.7. The van der Waals surface area contributed by atoms with E-state index in [9.17, 15) is 0 Å². The van der Waals surface area contributed by atoms with E-state index in [0.29, 0.717) is 29.0 Å². The topological polar surface area (TPSA) is 70.6 Å². The summed E-state index contributed by atoms with van der Waals surface area (Å²) in [6, 6.07) is 1.67. The van der Waals surface area contributed by atoms with E-state index in [1.165, 1.54) is 0 Å². The first-order valence-corrected chi connectivity index (χ1v) is 9.07. The number of pyridine rings is 1. The van der Waals surface area contributed by atoms with E-state index in [4.69, 9.17) is 27.9 Å². The zero-order valence-corrected chi connectivity index (χ0v) is 18.6. The average molecular weight is 504 g/mol. The largest absolute Gasteiger partial charge is 0.382 e. The molecule has 6 nitrogen and oxygen atoms in total. The smallest absolute Gasteiger partial charge is 0.191 e. The molecule has 0 aliphatic heterocycles. The van der Waals surface area contributed by atoms with Gasteiger partial charge >= 0.3 is 0 Å². The second kappa shape index (κ2) is 15.7. The van der Waals surface area contributed by atoms with Gasteiger partial charge in [0.2, 0.25) is 0 Å². The number of rotatable bonds is 11. The fourth-order valence-electron chi connectivity index (χ4n) is 1.90. The summed E-state index contributed by atoms with van der Waals surface area (Å²) in [5.74, 6) is 1.44. The Balaban J connectivity index is 0.00000576. The fourth-order valence-corrected chi connectivity index (χ4v) is 2.35. The number of nitrogens with zero attached hydrogens (tertiary/aromatic N) is 2. The van der Waals surface area contributed by atoms with Crippen LogP contribution in [0.25, 0.3) is 0 Å². The molecule has 1 rings (SSSR count). The molecule has 0 amide bonds. The highest BCUT2D eigenvalue weighted by Crippen LogP contribution is 2.21. The van der Waals surface area contributed by atoms with E-state index < -0.39 is 0 Å². The number of guanidine groups is 1. The summed E-state index contributed by atoms with van der Waals surface area (Å²) in [7, 11) is 0. The number of unbranched alkanes of at least 4 members (excludes halogenated alkanes) is 1. The maximum Gasteiger partial charge on any atom is 0.191 e. The highest BCUT2D eigenvalue weighted by molar-refractivity contribution is 14.0. The minimum absolute atomic E-state index is 0. The lowest BCUT2D eigenvalue weighted by Crippen LogP contribution is -2.39. The quantitative estimate of drug-likeness (QED) is 0.185. The third kappa shape index (κ3) is 11.7. The van der Waals surface area contributed by atoms with Gasteiger partial charge < -0.3 is 20.7 Å². The van der Waals surface area contributed by atoms with Crippen LogP contribution in [0.15, 0.2) is 17.3 Å². The monoisotopic (exact) mass is 503 g/mol. The van der Waals surface area contributed by atoms with Crippen molar-refractivity contribution in [1.29, 1.82) is 0 Å². The molecule has 0 bridgehead atoms. The first kappa shape index (κ1) is 24.5. The van der Waals surface area contributed by atoms with E-state index >= 15 is 0 Å². The Kier molecular flexibility index (Phi) is 15.4. The molecule has 9 heteroatoms. The van der Waals surface area contributed by atoms with Gasteiger partial charge in [0, 0.05) is 45.6 Å². The third-order valence-corrected chi connectivity index (χ3v) is 3.53. The highest BCUT2D eigenvalue weighted by Gasteiger charge is 2.02. The van der Waals surface area contributed by atoms with Crippen molar-refractivity contribution in [2.45, 2.75) is 26.7 Å². The molecule has 0 aliphatic carbocycles. The molecule has 0 fully saturated rings. The molecule has 144 valence electrons. The molecule has 0 unspecified atom stereocenters. The predicted molar refractivity (Wildman–Crippen MR) is 118 cm³/mol. The van der Waals surface area contributed by atoms with Gasteiger partial charge in [0.25, 0.3) is 0 Å². The Hall–Kier alpha value is -0.510. The first-order valence-electron chi connectivity index (χ1n) is 8.32. The number of ether oxygens (including phenoxy) is 1. The minimum Gasteiger partial charge on any atom is -0.382 e. The third-order valence-electron chi connectivity index (χ3n) is 3.03. The van der Waals surface area contributed by atoms with E-state index in [1.807, 2.05) is 13.8 Å². The van der Waals surface area contributed by atoms with Gasteiger partial charge in [0.1, 0.15) is 5.82 Å². The lowest BCUT2D eigenvalue weighted by molar-refractivity contribution is 0.144. The molecule has 1 aromatic rings. The summed E-state index contributed by atoms with van der Waals surface area (Å²) >= 11 is 11.9. The van der Waals surface area contributed by atoms with E-state index in [-0.39, 0.29) is 24.0 Å². The van der Waals surface area contributed by atoms with Crippen molar-refractivity contribution in [2.75, 3.05) is 44.7 Å².